The van der Waals surface area contributed by atoms with Crippen molar-refractivity contribution in [3.63, 3.8) is 0 Å². The third kappa shape index (κ3) is 4.12. The highest BCUT2D eigenvalue weighted by molar-refractivity contribution is 5.90. The molecule has 3 aromatic rings. The molecule has 1 aromatic carbocycles. The molecule has 5 rings (SSSR count). The van der Waals surface area contributed by atoms with Crippen molar-refractivity contribution < 1.29 is 22.3 Å². The van der Waals surface area contributed by atoms with Gasteiger partial charge in [0.15, 0.2) is 5.82 Å². The molecule has 2 atom stereocenters. The largest absolute Gasteiger partial charge is 0.419 e. The van der Waals surface area contributed by atoms with Gasteiger partial charge in [0.2, 0.25) is 0 Å². The number of rotatable bonds is 4. The fraction of sp³-hybridized carbons (Fsp3) is 0.458. The minimum absolute atomic E-state index is 0.0178. The van der Waals surface area contributed by atoms with E-state index in [0.29, 0.717) is 37.8 Å². The fourth-order valence-electron chi connectivity index (χ4n) is 5.09. The highest BCUT2D eigenvalue weighted by Gasteiger charge is 2.42. The zero-order valence-corrected chi connectivity index (χ0v) is 19.7. The Hall–Kier alpha value is -3.41. The smallest absolute Gasteiger partial charge is 0.381 e. The number of aromatic nitrogens is 3. The first-order valence-electron chi connectivity index (χ1n) is 11.6. The van der Waals surface area contributed by atoms with E-state index in [-0.39, 0.29) is 27.7 Å². The number of ether oxygens (including phenoxy) is 1. The van der Waals surface area contributed by atoms with Crippen molar-refractivity contribution in [3.8, 4) is 0 Å². The van der Waals surface area contributed by atoms with Gasteiger partial charge < -0.3 is 15.1 Å². The predicted molar refractivity (Wildman–Crippen MR) is 125 cm³/mol. The van der Waals surface area contributed by atoms with Gasteiger partial charge in [0.25, 0.3) is 11.1 Å². The van der Waals surface area contributed by atoms with Crippen LogP contribution < -0.4 is 21.4 Å². The summed E-state index contributed by atoms with van der Waals surface area (Å²) in [5.41, 5.74) is -2.47. The van der Waals surface area contributed by atoms with Gasteiger partial charge in [-0.15, -0.1) is 0 Å². The summed E-state index contributed by atoms with van der Waals surface area (Å²) in [5.74, 6) is -1.24. The molecule has 2 fully saturated rings. The molecule has 36 heavy (non-hydrogen) atoms. The van der Waals surface area contributed by atoms with Crippen molar-refractivity contribution in [1.82, 2.24) is 14.5 Å². The maximum atomic E-state index is 14.7. The van der Waals surface area contributed by atoms with Crippen LogP contribution >= 0.6 is 0 Å². The van der Waals surface area contributed by atoms with E-state index in [2.05, 4.69) is 10.4 Å². The molecule has 1 N–H and O–H groups in total. The third-order valence-electron chi connectivity index (χ3n) is 7.13. The number of anilines is 1. The van der Waals surface area contributed by atoms with Gasteiger partial charge in [-0.2, -0.15) is 18.3 Å². The number of nitrogens with one attached hydrogen (secondary N) is 1. The monoisotopic (exact) mass is 507 g/mol. The molecule has 4 heterocycles. The van der Waals surface area contributed by atoms with Crippen LogP contribution in [0, 0.1) is 11.2 Å². The molecule has 2 saturated heterocycles. The van der Waals surface area contributed by atoms with Crippen LogP contribution in [0.15, 0.2) is 40.1 Å². The van der Waals surface area contributed by atoms with Crippen molar-refractivity contribution in [2.75, 3.05) is 36.6 Å². The Kier molecular flexibility index (Phi) is 5.81. The Morgan fingerprint density at radius 3 is 2.67 bits per heavy atom. The van der Waals surface area contributed by atoms with Crippen LogP contribution in [0.2, 0.25) is 0 Å². The molecular formula is C24H25F4N5O3. The third-order valence-corrected chi connectivity index (χ3v) is 7.13. The second kappa shape index (κ2) is 8.61. The first kappa shape index (κ1) is 24.3. The van der Waals surface area contributed by atoms with Crippen LogP contribution in [0.5, 0.6) is 0 Å². The highest BCUT2D eigenvalue weighted by Crippen LogP contribution is 2.38. The highest BCUT2D eigenvalue weighted by atomic mass is 19.4. The standard InChI is InChI=1S/C24H25F4N5O3/c1-14(15-4-3-5-18(20(15)25)24(26,27)28)29-21-17-11-33(19(34)10-16(17)22(35)31(2)30-21)32-8-6-23(12-32)7-9-36-13-23/h3-5,10-11,14H,6-9,12-13H2,1-2H3,(H,29,30)/t14-,23?/m1/s1. The van der Waals surface area contributed by atoms with Crippen LogP contribution in [0.1, 0.15) is 36.9 Å². The van der Waals surface area contributed by atoms with E-state index in [1.54, 1.807) is 0 Å². The van der Waals surface area contributed by atoms with Gasteiger partial charge in [-0.1, -0.05) is 12.1 Å². The van der Waals surface area contributed by atoms with Crippen LogP contribution in [-0.2, 0) is 18.0 Å². The summed E-state index contributed by atoms with van der Waals surface area (Å²) in [5, 5.41) is 9.48. The van der Waals surface area contributed by atoms with Crippen LogP contribution in [-0.4, -0.2) is 40.8 Å². The van der Waals surface area contributed by atoms with E-state index in [4.69, 9.17) is 4.74 Å². The fourth-order valence-corrected chi connectivity index (χ4v) is 5.09. The minimum atomic E-state index is -4.84. The Morgan fingerprint density at radius 1 is 1.19 bits per heavy atom. The molecule has 0 bridgehead atoms. The molecule has 0 saturated carbocycles. The number of nitrogens with zero attached hydrogens (tertiary/aromatic N) is 4. The van der Waals surface area contributed by atoms with Gasteiger partial charge in [-0.05, 0) is 25.8 Å². The Morgan fingerprint density at radius 2 is 1.97 bits per heavy atom. The van der Waals surface area contributed by atoms with E-state index in [9.17, 15) is 27.2 Å². The quantitative estimate of drug-likeness (QED) is 0.547. The van der Waals surface area contributed by atoms with Gasteiger partial charge >= 0.3 is 6.18 Å². The van der Waals surface area contributed by atoms with Crippen LogP contribution in [0.3, 0.4) is 0 Å². The molecule has 8 nitrogen and oxygen atoms in total. The molecule has 0 radical (unpaired) electrons. The first-order valence-corrected chi connectivity index (χ1v) is 11.6. The molecule has 1 unspecified atom stereocenters. The van der Waals surface area contributed by atoms with E-state index in [1.807, 2.05) is 5.01 Å². The summed E-state index contributed by atoms with van der Waals surface area (Å²) in [6.07, 6.45) is -1.56. The van der Waals surface area contributed by atoms with E-state index in [0.717, 1.165) is 23.6 Å². The predicted octanol–water partition coefficient (Wildman–Crippen LogP) is 3.17. The molecule has 0 aliphatic carbocycles. The Labute approximate surface area is 203 Å². The van der Waals surface area contributed by atoms with Gasteiger partial charge in [-0.3, -0.25) is 9.59 Å². The molecule has 0 amide bonds. The van der Waals surface area contributed by atoms with E-state index >= 15 is 0 Å². The molecule has 2 aromatic heterocycles. The summed E-state index contributed by atoms with van der Waals surface area (Å²) in [7, 11) is 1.40. The lowest BCUT2D eigenvalue weighted by Gasteiger charge is -2.25. The zero-order chi connectivity index (χ0) is 25.8. The lowest BCUT2D eigenvalue weighted by Crippen LogP contribution is -2.42. The lowest BCUT2D eigenvalue weighted by atomic mass is 9.87. The lowest BCUT2D eigenvalue weighted by molar-refractivity contribution is -0.140. The molecule has 1 spiro atoms. The summed E-state index contributed by atoms with van der Waals surface area (Å²) < 4.78 is 62.4. The van der Waals surface area contributed by atoms with Crippen molar-refractivity contribution >= 4 is 16.6 Å². The van der Waals surface area contributed by atoms with Crippen molar-refractivity contribution in [2.24, 2.45) is 12.5 Å². The number of benzene rings is 1. The molecule has 192 valence electrons. The number of hydrogen-bond donors (Lipinski definition) is 1. The SMILES string of the molecule is C[C@@H](Nc1nn(C)c(=O)c2cc(=O)n(N3CCC4(CCOC4)C3)cc12)c1cccc(C(F)(F)F)c1F. The second-order valence-electron chi connectivity index (χ2n) is 9.57. The number of pyridine rings is 1. The average molecular weight is 507 g/mol. The van der Waals surface area contributed by atoms with E-state index in [1.165, 1.54) is 37.0 Å². The van der Waals surface area contributed by atoms with Crippen molar-refractivity contribution in [2.45, 2.75) is 32.0 Å². The zero-order valence-electron chi connectivity index (χ0n) is 19.7. The van der Waals surface area contributed by atoms with Gasteiger partial charge in [0.1, 0.15) is 5.82 Å². The normalized spacial score (nSPS) is 21.0. The molecule has 2 aliphatic heterocycles. The number of fused-ring (bicyclic) bond motifs is 1. The maximum Gasteiger partial charge on any atom is 0.419 e. The summed E-state index contributed by atoms with van der Waals surface area (Å²) in [6.45, 7) is 4.05. The summed E-state index contributed by atoms with van der Waals surface area (Å²) >= 11 is 0. The van der Waals surface area contributed by atoms with Crippen LogP contribution in [0.25, 0.3) is 10.8 Å². The van der Waals surface area contributed by atoms with Crippen molar-refractivity contribution in [3.05, 3.63) is 68.1 Å². The van der Waals surface area contributed by atoms with Crippen LogP contribution in [0.4, 0.5) is 23.4 Å². The summed E-state index contributed by atoms with van der Waals surface area (Å²) in [4.78, 5) is 25.7. The van der Waals surface area contributed by atoms with Gasteiger partial charge in [0.05, 0.1) is 29.0 Å². The maximum absolute atomic E-state index is 14.7. The van der Waals surface area contributed by atoms with Gasteiger partial charge in [-0.25, -0.2) is 13.7 Å². The summed E-state index contributed by atoms with van der Waals surface area (Å²) in [6, 6.07) is 3.39. The first-order chi connectivity index (χ1) is 17.0. The topological polar surface area (TPSA) is 81.4 Å². The minimum Gasteiger partial charge on any atom is -0.381 e. The van der Waals surface area contributed by atoms with Gasteiger partial charge in [0, 0.05) is 50.0 Å². The molecular weight excluding hydrogens is 482 g/mol. The van der Waals surface area contributed by atoms with Crippen molar-refractivity contribution in [1.29, 1.82) is 0 Å². The number of hydrogen-bond acceptors (Lipinski definition) is 6. The Balaban J connectivity index is 1.55. The molecule has 12 heteroatoms. The second-order valence-corrected chi connectivity index (χ2v) is 9.57. The number of aryl methyl sites for hydroxylation is 1. The average Bonchev–Trinajstić information content (AvgIpc) is 3.46. The Bertz CT molecular complexity index is 1440. The van der Waals surface area contributed by atoms with E-state index < -0.39 is 29.2 Å². The molecule has 2 aliphatic rings. The number of alkyl halides is 3. The number of halogens is 4.